The van der Waals surface area contributed by atoms with Crippen molar-refractivity contribution in [1.82, 2.24) is 44.5 Å². The summed E-state index contributed by atoms with van der Waals surface area (Å²) in [7, 11) is 2.80. The van der Waals surface area contributed by atoms with Crippen molar-refractivity contribution in [3.8, 4) is 28.7 Å². The normalized spacial score (nSPS) is 13.8. The van der Waals surface area contributed by atoms with Gasteiger partial charge in [-0.3, -0.25) is 0 Å². The lowest BCUT2D eigenvalue weighted by atomic mass is 10.1. The summed E-state index contributed by atoms with van der Waals surface area (Å²) >= 11 is 0. The molecule has 0 bridgehead atoms. The van der Waals surface area contributed by atoms with E-state index in [4.69, 9.17) is 9.72 Å². The van der Waals surface area contributed by atoms with Gasteiger partial charge in [-0.05, 0) is 30.5 Å². The Bertz CT molecular complexity index is 1670. The molecule has 0 radical (unpaired) electrons. The Balaban J connectivity index is 1.34. The molecule has 1 aliphatic carbocycles. The first-order chi connectivity index (χ1) is 18.2. The largest absolute Gasteiger partial charge is 0.480 e. The molecule has 0 N–H and O–H groups in total. The Morgan fingerprint density at radius 2 is 1.89 bits per heavy atom. The molecule has 4 aromatic heterocycles. The summed E-state index contributed by atoms with van der Waals surface area (Å²) in [6.45, 7) is 0.154. The summed E-state index contributed by atoms with van der Waals surface area (Å²) in [4.78, 5) is 21.3. The molecule has 10 nitrogen and oxygen atoms in total. The van der Waals surface area contributed by atoms with E-state index in [1.807, 2.05) is 0 Å². The molecular weight excluding hydrogens is 506 g/mol. The fourth-order valence-corrected chi connectivity index (χ4v) is 4.27. The number of benzene rings is 1. The minimum Gasteiger partial charge on any atom is -0.480 e. The molecule has 0 spiro atoms. The molecular formula is C24H19F4N9O. The molecule has 1 saturated carbocycles. The van der Waals surface area contributed by atoms with E-state index in [1.165, 1.54) is 32.6 Å². The second kappa shape index (κ2) is 8.82. The molecule has 0 amide bonds. The summed E-state index contributed by atoms with van der Waals surface area (Å²) < 4.78 is 61.9. The van der Waals surface area contributed by atoms with Crippen LogP contribution in [0.25, 0.3) is 33.8 Å². The average Bonchev–Trinajstić information content (AvgIpc) is 3.56. The molecule has 0 unspecified atom stereocenters. The van der Waals surface area contributed by atoms with E-state index < -0.39 is 17.8 Å². The van der Waals surface area contributed by atoms with Gasteiger partial charge in [-0.2, -0.15) is 18.3 Å². The lowest BCUT2D eigenvalue weighted by Crippen LogP contribution is -2.08. The highest BCUT2D eigenvalue weighted by Gasteiger charge is 2.37. The van der Waals surface area contributed by atoms with Crippen LogP contribution < -0.4 is 4.74 Å². The number of hydrogen-bond acceptors (Lipinski definition) is 8. The van der Waals surface area contributed by atoms with Crippen LogP contribution in [0.1, 0.15) is 35.8 Å². The maximum atomic E-state index is 15.0. The predicted octanol–water partition coefficient (Wildman–Crippen LogP) is 4.17. The Hall–Kier alpha value is -4.49. The molecule has 0 aliphatic heterocycles. The zero-order valence-electron chi connectivity index (χ0n) is 20.1. The van der Waals surface area contributed by atoms with Crippen molar-refractivity contribution in [1.29, 1.82) is 0 Å². The molecule has 4 heterocycles. The van der Waals surface area contributed by atoms with Crippen molar-refractivity contribution >= 4 is 11.0 Å². The standard InChI is InChI=1S/C24H19F4N9O/c1-36-21(34-23(35-36)24(26,27)28)15-6-3-12(7-16(15)25)10-37-20-14(9-32-37)8-29-19(33-20)17-18(13-4-5-13)30-11-31-22(17)38-2/h3,6-9,11,13H,4-5,10H2,1-2H3. The van der Waals surface area contributed by atoms with E-state index in [-0.39, 0.29) is 17.9 Å². The van der Waals surface area contributed by atoms with Crippen LogP contribution in [0.2, 0.25) is 0 Å². The van der Waals surface area contributed by atoms with Crippen LogP contribution in [-0.4, -0.2) is 51.6 Å². The topological polar surface area (TPSA) is 109 Å². The first kappa shape index (κ1) is 23.9. The fraction of sp³-hybridized carbons (Fsp3) is 0.292. The Morgan fingerprint density at radius 1 is 1.08 bits per heavy atom. The molecule has 1 aliphatic rings. The van der Waals surface area contributed by atoms with E-state index in [9.17, 15) is 13.2 Å². The SMILES string of the molecule is COc1ncnc(C2CC2)c1-c1ncc2cnn(Cc3ccc(-c4nc(C(F)(F)F)nn4C)c(F)c3)c2n1. The van der Waals surface area contributed by atoms with Crippen molar-refractivity contribution in [2.24, 2.45) is 7.05 Å². The summed E-state index contributed by atoms with van der Waals surface area (Å²) in [5, 5.41) is 8.40. The molecule has 0 atom stereocenters. The van der Waals surface area contributed by atoms with Gasteiger partial charge in [0.1, 0.15) is 17.7 Å². The van der Waals surface area contributed by atoms with E-state index in [2.05, 4.69) is 30.1 Å². The average molecular weight is 525 g/mol. The fourth-order valence-electron chi connectivity index (χ4n) is 4.27. The lowest BCUT2D eigenvalue weighted by Gasteiger charge is -2.11. The van der Waals surface area contributed by atoms with Crippen molar-refractivity contribution < 1.29 is 22.3 Å². The Kier molecular flexibility index (Phi) is 5.54. The third-order valence-corrected chi connectivity index (χ3v) is 6.22. The van der Waals surface area contributed by atoms with Gasteiger partial charge in [0.15, 0.2) is 17.3 Å². The van der Waals surface area contributed by atoms with Gasteiger partial charge in [-0.1, -0.05) is 6.07 Å². The minimum absolute atomic E-state index is 0.0991. The van der Waals surface area contributed by atoms with Gasteiger partial charge in [0.25, 0.3) is 5.82 Å². The van der Waals surface area contributed by atoms with Gasteiger partial charge in [-0.25, -0.2) is 38.7 Å². The minimum atomic E-state index is -4.73. The first-order valence-corrected chi connectivity index (χ1v) is 11.6. The molecule has 14 heteroatoms. The summed E-state index contributed by atoms with van der Waals surface area (Å²) in [5.41, 5.74) is 2.39. The van der Waals surface area contributed by atoms with Gasteiger partial charge in [-0.15, -0.1) is 5.10 Å². The molecule has 194 valence electrons. The van der Waals surface area contributed by atoms with Gasteiger partial charge in [0.2, 0.25) is 5.88 Å². The maximum Gasteiger partial charge on any atom is 0.453 e. The number of ether oxygens (including phenoxy) is 1. The van der Waals surface area contributed by atoms with Crippen molar-refractivity contribution in [2.45, 2.75) is 31.5 Å². The Labute approximate surface area is 212 Å². The number of rotatable bonds is 6. The van der Waals surface area contributed by atoms with Crippen molar-refractivity contribution in [3.63, 3.8) is 0 Å². The van der Waals surface area contributed by atoms with Gasteiger partial charge >= 0.3 is 6.18 Å². The molecule has 38 heavy (non-hydrogen) atoms. The molecule has 1 aromatic carbocycles. The number of alkyl halides is 3. The quantitative estimate of drug-likeness (QED) is 0.304. The lowest BCUT2D eigenvalue weighted by molar-refractivity contribution is -0.144. The van der Waals surface area contributed by atoms with Crippen molar-refractivity contribution in [2.75, 3.05) is 7.11 Å². The van der Waals surface area contributed by atoms with Gasteiger partial charge < -0.3 is 4.74 Å². The number of fused-ring (bicyclic) bond motifs is 1. The van der Waals surface area contributed by atoms with Crippen LogP contribution in [0.5, 0.6) is 5.88 Å². The molecule has 5 aromatic rings. The third-order valence-electron chi connectivity index (χ3n) is 6.22. The van der Waals surface area contributed by atoms with Crippen LogP contribution >= 0.6 is 0 Å². The zero-order valence-corrected chi connectivity index (χ0v) is 20.1. The predicted molar refractivity (Wildman–Crippen MR) is 125 cm³/mol. The first-order valence-electron chi connectivity index (χ1n) is 11.6. The second-order valence-corrected chi connectivity index (χ2v) is 8.89. The highest BCUT2D eigenvalue weighted by molar-refractivity contribution is 5.77. The van der Waals surface area contributed by atoms with Crippen molar-refractivity contribution in [3.05, 3.63) is 59.8 Å². The van der Waals surface area contributed by atoms with Crippen LogP contribution in [0.4, 0.5) is 17.6 Å². The van der Waals surface area contributed by atoms with Gasteiger partial charge in [0, 0.05) is 19.2 Å². The number of hydrogen-bond donors (Lipinski definition) is 0. The summed E-state index contributed by atoms with van der Waals surface area (Å²) in [6, 6.07) is 4.19. The summed E-state index contributed by atoms with van der Waals surface area (Å²) in [5.74, 6) is -1.23. The molecule has 1 fully saturated rings. The smallest absolute Gasteiger partial charge is 0.453 e. The molecule has 6 rings (SSSR count). The number of aryl methyl sites for hydroxylation is 1. The number of methoxy groups -OCH3 is 1. The monoisotopic (exact) mass is 525 g/mol. The van der Waals surface area contributed by atoms with Crippen LogP contribution in [0.15, 0.2) is 36.9 Å². The highest BCUT2D eigenvalue weighted by atomic mass is 19.4. The second-order valence-electron chi connectivity index (χ2n) is 8.89. The highest BCUT2D eigenvalue weighted by Crippen LogP contribution is 2.44. The van der Waals surface area contributed by atoms with E-state index in [0.29, 0.717) is 39.8 Å². The number of aromatic nitrogens is 9. The summed E-state index contributed by atoms with van der Waals surface area (Å²) in [6.07, 6.45) is 2.00. The number of nitrogens with zero attached hydrogens (tertiary/aromatic N) is 9. The maximum absolute atomic E-state index is 15.0. The van der Waals surface area contributed by atoms with Crippen LogP contribution in [0, 0.1) is 5.82 Å². The Morgan fingerprint density at radius 3 is 2.58 bits per heavy atom. The van der Waals surface area contributed by atoms with E-state index in [0.717, 1.165) is 23.2 Å². The van der Waals surface area contributed by atoms with Crippen LogP contribution in [-0.2, 0) is 19.8 Å². The zero-order chi connectivity index (χ0) is 26.6. The third kappa shape index (κ3) is 4.21. The molecule has 0 saturated heterocycles. The van der Waals surface area contributed by atoms with Crippen LogP contribution in [0.3, 0.4) is 0 Å². The van der Waals surface area contributed by atoms with Gasteiger partial charge in [0.05, 0.1) is 36.5 Å². The number of halogens is 4. The van der Waals surface area contributed by atoms with E-state index >= 15 is 4.39 Å². The van der Waals surface area contributed by atoms with E-state index in [1.54, 1.807) is 23.1 Å².